The molecule has 3 aromatic heterocycles. The molecule has 0 spiro atoms. The minimum atomic E-state index is -5.27. The SMILES string of the molecule is Nc1ncnc2c1ncn2[C@@H]1O[C@@H]2COP(=O)(SCc3ccc(OC(=O)c4ccc(O)cc4)cc3)O[C@@H]3[C@H](F)[C@@H](COP(=O)(O)O[C@@H]1[C@@H]2F)O[C@H]3n1ccc(=O)[nH]c1=O. The van der Waals surface area contributed by atoms with Gasteiger partial charge in [-0.1, -0.05) is 12.1 Å². The van der Waals surface area contributed by atoms with Crippen molar-refractivity contribution in [1.29, 1.82) is 0 Å². The third-order valence-electron chi connectivity index (χ3n) is 9.25. The molecule has 3 aliphatic heterocycles. The van der Waals surface area contributed by atoms with Crippen molar-refractivity contribution in [2.24, 2.45) is 0 Å². The van der Waals surface area contributed by atoms with Crippen LogP contribution in [0.3, 0.4) is 0 Å². The van der Waals surface area contributed by atoms with Crippen molar-refractivity contribution in [1.82, 2.24) is 29.1 Å². The number of fused-ring (bicyclic) bond motifs is 5. The molecule has 3 saturated heterocycles. The molecule has 0 saturated carbocycles. The van der Waals surface area contributed by atoms with Crippen LogP contribution in [0.25, 0.3) is 11.2 Å². The molecule has 21 nitrogen and oxygen atoms in total. The zero-order chi connectivity index (χ0) is 41.6. The average Bonchev–Trinajstić information content (AvgIpc) is 3.86. The normalized spacial score (nSPS) is 31.2. The van der Waals surface area contributed by atoms with Crippen LogP contribution in [0.15, 0.2) is 83.0 Å². The zero-order valence-corrected chi connectivity index (χ0v) is 32.4. The molecule has 2 unspecified atom stereocenters. The van der Waals surface area contributed by atoms with Crippen molar-refractivity contribution in [3.63, 3.8) is 0 Å². The van der Waals surface area contributed by atoms with Crippen LogP contribution in [-0.4, -0.2) is 95.0 Å². The smallest absolute Gasteiger partial charge is 0.472 e. The molecule has 59 heavy (non-hydrogen) atoms. The Morgan fingerprint density at radius 3 is 2.27 bits per heavy atom. The van der Waals surface area contributed by atoms with E-state index in [4.69, 9.17) is 38.0 Å². The van der Waals surface area contributed by atoms with E-state index in [-0.39, 0.29) is 39.8 Å². The van der Waals surface area contributed by atoms with Gasteiger partial charge in [-0.2, -0.15) is 0 Å². The Bertz CT molecular complexity index is 2590. The highest BCUT2D eigenvalue weighted by Crippen LogP contribution is 2.65. The van der Waals surface area contributed by atoms with Crippen LogP contribution in [0.5, 0.6) is 11.5 Å². The number of alkyl halides is 2. The van der Waals surface area contributed by atoms with Gasteiger partial charge < -0.3 is 29.9 Å². The fourth-order valence-corrected chi connectivity index (χ4v) is 10.6. The van der Waals surface area contributed by atoms with E-state index in [0.717, 1.165) is 29.5 Å². The van der Waals surface area contributed by atoms with Crippen molar-refractivity contribution < 1.29 is 65.0 Å². The molecule has 3 fully saturated rings. The summed E-state index contributed by atoms with van der Waals surface area (Å²) in [4.78, 5) is 62.1. The number of hydrogen-bond donors (Lipinski definition) is 4. The van der Waals surface area contributed by atoms with Gasteiger partial charge >= 0.3 is 26.3 Å². The summed E-state index contributed by atoms with van der Waals surface area (Å²) in [5, 5.41) is 9.49. The summed E-state index contributed by atoms with van der Waals surface area (Å²) < 4.78 is 102. The standard InChI is InChI=1S/C33H31F2N7O14P2S/c34-23-21-12-51-58(49,59-13-16-1-7-19(8-2-16)52-32(45)17-3-5-18(43)6-4-17)56-27-24(35)20(53-30(27)41-10-9-22(44)40-33(41)46)11-50-57(47,48)55-26(23)31(54-21)42-15-39-25-28(36)37-14-38-29(25)42/h1-10,14-15,20-21,23-24,26-27,30-31,43H,11-13H2,(H,47,48)(H2,36,37,38)(H,40,44,46)/t20-,21-,23-,24-,26-,27-,30-,31-,58?/m1/s1. The Balaban J connectivity index is 1.09. The van der Waals surface area contributed by atoms with Gasteiger partial charge in [0.1, 0.15) is 47.8 Å². The number of phenolic OH excluding ortho intramolecular Hbond substituents is 1. The number of anilines is 1. The van der Waals surface area contributed by atoms with Crippen LogP contribution >= 0.6 is 26.0 Å². The van der Waals surface area contributed by atoms with E-state index < -0.39 is 94.3 Å². The van der Waals surface area contributed by atoms with Crippen LogP contribution in [0.4, 0.5) is 14.6 Å². The molecule has 0 aliphatic carbocycles. The first-order valence-corrected chi connectivity index (χ1v) is 22.0. The molecular weight excluding hydrogens is 850 g/mol. The minimum absolute atomic E-state index is 0.0337. The number of carbonyl (C=O) groups excluding carboxylic acids is 1. The first kappa shape index (κ1) is 40.9. The number of aromatic hydroxyl groups is 1. The summed E-state index contributed by atoms with van der Waals surface area (Å²) in [7, 11) is -5.27. The molecule has 6 heterocycles. The van der Waals surface area contributed by atoms with Crippen molar-refractivity contribution >= 4 is 49.0 Å². The molecule has 0 amide bonds. The summed E-state index contributed by atoms with van der Waals surface area (Å²) in [5.41, 5.74) is 4.83. The van der Waals surface area contributed by atoms with Gasteiger partial charge in [0.05, 0.1) is 25.1 Å². The molecule has 10 atom stereocenters. The number of phosphoric acid groups is 1. The van der Waals surface area contributed by atoms with Gasteiger partial charge in [-0.3, -0.25) is 37.0 Å². The number of nitrogens with two attached hydrogens (primary N) is 1. The molecule has 8 rings (SSSR count). The van der Waals surface area contributed by atoms with E-state index in [1.54, 1.807) is 0 Å². The maximum atomic E-state index is 16.4. The fraction of sp³-hybridized carbons (Fsp3) is 0.333. The minimum Gasteiger partial charge on any atom is -0.508 e. The lowest BCUT2D eigenvalue weighted by Gasteiger charge is -2.27. The quantitative estimate of drug-likeness (QED) is 0.104. The number of halogens is 2. The summed E-state index contributed by atoms with van der Waals surface area (Å²) >= 11 is 0.545. The fourth-order valence-electron chi connectivity index (χ4n) is 6.35. The van der Waals surface area contributed by atoms with Crippen LogP contribution < -0.4 is 21.7 Å². The highest BCUT2D eigenvalue weighted by atomic mass is 32.7. The lowest BCUT2D eigenvalue weighted by Crippen LogP contribution is -2.38. The van der Waals surface area contributed by atoms with Crippen LogP contribution in [0.1, 0.15) is 28.4 Å². The number of aromatic nitrogens is 6. The number of phosphoric ester groups is 1. The van der Waals surface area contributed by atoms with Gasteiger partial charge in [0.25, 0.3) is 5.56 Å². The number of H-pyrrole nitrogens is 1. The number of nitrogen functional groups attached to an aromatic ring is 1. The second kappa shape index (κ2) is 16.3. The maximum absolute atomic E-state index is 16.4. The summed E-state index contributed by atoms with van der Waals surface area (Å²) in [6.07, 6.45) is -12.0. The van der Waals surface area contributed by atoms with Crippen LogP contribution in [-0.2, 0) is 42.5 Å². The molecule has 26 heteroatoms. The Morgan fingerprint density at radius 1 is 0.915 bits per heavy atom. The number of benzene rings is 2. The summed E-state index contributed by atoms with van der Waals surface area (Å²) in [6, 6.07) is 12.3. The van der Waals surface area contributed by atoms with Gasteiger partial charge in [0.15, 0.2) is 36.3 Å². The van der Waals surface area contributed by atoms with Crippen molar-refractivity contribution in [3.8, 4) is 11.5 Å². The Morgan fingerprint density at radius 2 is 1.58 bits per heavy atom. The summed E-state index contributed by atoms with van der Waals surface area (Å²) in [5.74, 6) is -0.781. The number of aromatic amines is 1. The number of ether oxygens (including phenoxy) is 3. The van der Waals surface area contributed by atoms with E-state index in [1.165, 1.54) is 53.1 Å². The third kappa shape index (κ3) is 8.59. The molecule has 5 aromatic rings. The zero-order valence-electron chi connectivity index (χ0n) is 29.8. The van der Waals surface area contributed by atoms with Crippen LogP contribution in [0, 0.1) is 0 Å². The van der Waals surface area contributed by atoms with Crippen molar-refractivity contribution in [2.75, 3.05) is 18.9 Å². The molecule has 2 aromatic carbocycles. The lowest BCUT2D eigenvalue weighted by atomic mass is 10.1. The van der Waals surface area contributed by atoms with E-state index in [9.17, 15) is 33.5 Å². The molecule has 312 valence electrons. The van der Waals surface area contributed by atoms with Gasteiger partial charge in [-0.05, 0) is 53.3 Å². The maximum Gasteiger partial charge on any atom is 0.472 e. The Hall–Kier alpha value is -4.87. The predicted octanol–water partition coefficient (Wildman–Crippen LogP) is 3.31. The number of esters is 1. The Kier molecular flexibility index (Phi) is 11.3. The van der Waals surface area contributed by atoms with Gasteiger partial charge in [0.2, 0.25) is 0 Å². The van der Waals surface area contributed by atoms with E-state index in [0.29, 0.717) is 16.9 Å². The topological polar surface area (TPSA) is 281 Å². The first-order chi connectivity index (χ1) is 28.2. The van der Waals surface area contributed by atoms with E-state index in [1.807, 2.05) is 4.98 Å². The highest BCUT2D eigenvalue weighted by Gasteiger charge is 2.55. The van der Waals surface area contributed by atoms with E-state index in [2.05, 4.69) is 15.0 Å². The first-order valence-electron chi connectivity index (χ1n) is 17.3. The number of nitrogens with one attached hydrogen (secondary N) is 1. The molecular formula is C33H31F2N7O14P2S. The van der Waals surface area contributed by atoms with Gasteiger partial charge in [-0.15, -0.1) is 0 Å². The molecule has 4 bridgehead atoms. The third-order valence-corrected chi connectivity index (χ3v) is 13.9. The molecule has 3 aliphatic rings. The number of nitrogens with zero attached hydrogens (tertiary/aromatic N) is 5. The van der Waals surface area contributed by atoms with Crippen molar-refractivity contribution in [2.45, 2.75) is 55.0 Å². The van der Waals surface area contributed by atoms with Gasteiger partial charge in [-0.25, -0.2) is 42.5 Å². The number of carbonyl (C=O) groups is 1. The second-order valence-corrected chi connectivity index (χ2v) is 18.6. The second-order valence-electron chi connectivity index (χ2n) is 13.1. The van der Waals surface area contributed by atoms with E-state index >= 15 is 8.78 Å². The lowest BCUT2D eigenvalue weighted by molar-refractivity contribution is -0.0648. The number of hydrogen-bond acceptors (Lipinski definition) is 18. The average molecular weight is 882 g/mol. The summed E-state index contributed by atoms with van der Waals surface area (Å²) in [6.45, 7) is -6.59. The van der Waals surface area contributed by atoms with Crippen LogP contribution in [0.2, 0.25) is 0 Å². The molecule has 5 N–H and O–H groups in total. The monoisotopic (exact) mass is 881 g/mol. The molecule has 0 radical (unpaired) electrons. The predicted molar refractivity (Wildman–Crippen MR) is 199 cm³/mol. The van der Waals surface area contributed by atoms with Crippen molar-refractivity contribution in [3.05, 3.63) is 105 Å². The number of rotatable bonds is 7. The Labute approximate surface area is 333 Å². The number of phenols is 1. The number of imidazole rings is 1. The largest absolute Gasteiger partial charge is 0.508 e. The highest BCUT2D eigenvalue weighted by molar-refractivity contribution is 8.54. The van der Waals surface area contributed by atoms with Gasteiger partial charge in [0, 0.05) is 18.0 Å².